The molecule has 7 aromatic carbocycles. The molecule has 0 spiro atoms. The Morgan fingerprint density at radius 2 is 0.831 bits per heavy atom. The fourth-order valence-corrected chi connectivity index (χ4v) is 7.40. The molecule has 0 bridgehead atoms. The van der Waals surface area contributed by atoms with Gasteiger partial charge in [-0.1, -0.05) is 104 Å². The van der Waals surface area contributed by atoms with Crippen molar-refractivity contribution in [1.82, 2.24) is 0 Å². The van der Waals surface area contributed by atoms with E-state index in [0.29, 0.717) is 5.57 Å². The number of hydrogen-bond donors (Lipinski definition) is 1. The number of aliphatic hydroxyl groups is 1. The lowest BCUT2D eigenvalue weighted by Crippen LogP contribution is -2.10. The molecule has 0 saturated carbocycles. The van der Waals surface area contributed by atoms with E-state index in [1.165, 1.54) is 34.4 Å². The molecule has 2 unspecified atom stereocenters. The Balaban J connectivity index is 0.843. The van der Waals surface area contributed by atoms with Crippen molar-refractivity contribution in [2.45, 2.75) is 25.0 Å². The van der Waals surface area contributed by atoms with Gasteiger partial charge >= 0.3 is 0 Å². The highest BCUT2D eigenvalue weighted by molar-refractivity contribution is 5.80. The van der Waals surface area contributed by atoms with Crippen molar-refractivity contribution in [3.63, 3.8) is 0 Å². The lowest BCUT2D eigenvalue weighted by molar-refractivity contribution is 0.350. The average molecular weight is 777 g/mol. The smallest absolute Gasteiger partial charge is 0.123 e. The normalized spacial score (nSPS) is 15.6. The monoisotopic (exact) mass is 776 g/mol. The third kappa shape index (κ3) is 9.11. The minimum atomic E-state index is -0.258. The van der Waals surface area contributed by atoms with Crippen molar-refractivity contribution < 1.29 is 19.0 Å². The summed E-state index contributed by atoms with van der Waals surface area (Å²) in [5.41, 5.74) is 14.8. The molecule has 9 rings (SSSR count). The van der Waals surface area contributed by atoms with Crippen LogP contribution in [0.1, 0.15) is 51.2 Å². The van der Waals surface area contributed by atoms with Crippen LogP contribution in [0.2, 0.25) is 0 Å². The number of anilines is 6. The Bertz CT molecular complexity index is 2520. The number of halogens is 1. The van der Waals surface area contributed by atoms with Crippen LogP contribution in [0.5, 0.6) is 0 Å². The van der Waals surface area contributed by atoms with E-state index >= 15 is 0 Å². The minimum Gasteiger partial charge on any atom is -0.392 e. The number of aliphatic hydroxyl groups excluding tert-OH is 1. The van der Waals surface area contributed by atoms with Gasteiger partial charge in [-0.3, -0.25) is 0 Å². The average Bonchev–Trinajstić information content (AvgIpc) is 4.23. The third-order valence-corrected chi connectivity index (χ3v) is 11.0. The molecule has 0 aliphatic carbocycles. The molecule has 2 fully saturated rings. The first kappa shape index (κ1) is 38.0. The standard InChI is InChI=1S/C53H45FN2O3/c1-37(34-57)42-14-26-48(27-15-42)55(49-28-16-43(17-29-49)52-35-58-52)46-22-10-40(11-23-46)8-6-38-2-4-39(5-3-38)7-9-41-12-24-47(25-13-41)56(51-32-20-45(54)21-33-51)50-30-18-44(19-31-50)53-36-59-53/h2-5,7,9-33,52-53,57H,1,6,8,34-36H2. The lowest BCUT2D eigenvalue weighted by Gasteiger charge is -2.26. The maximum Gasteiger partial charge on any atom is 0.123 e. The van der Waals surface area contributed by atoms with Gasteiger partial charge in [-0.15, -0.1) is 0 Å². The quantitative estimate of drug-likeness (QED) is 0.0830. The van der Waals surface area contributed by atoms with Gasteiger partial charge in [0.2, 0.25) is 0 Å². The Hall–Kier alpha value is -6.57. The summed E-state index contributed by atoms with van der Waals surface area (Å²) in [4.78, 5) is 4.39. The molecule has 59 heavy (non-hydrogen) atoms. The summed E-state index contributed by atoms with van der Waals surface area (Å²) < 4.78 is 24.8. The predicted octanol–water partition coefficient (Wildman–Crippen LogP) is 12.9. The molecule has 2 aliphatic rings. The van der Waals surface area contributed by atoms with Crippen molar-refractivity contribution in [3.8, 4) is 0 Å². The highest BCUT2D eigenvalue weighted by Crippen LogP contribution is 2.39. The van der Waals surface area contributed by atoms with Crippen molar-refractivity contribution in [2.24, 2.45) is 0 Å². The van der Waals surface area contributed by atoms with Gasteiger partial charge in [0.05, 0.1) is 19.8 Å². The summed E-state index contributed by atoms with van der Waals surface area (Å²) in [6.07, 6.45) is 6.56. The van der Waals surface area contributed by atoms with Crippen LogP contribution in [0.25, 0.3) is 17.7 Å². The van der Waals surface area contributed by atoms with Gasteiger partial charge in [-0.25, -0.2) is 4.39 Å². The molecule has 1 N–H and O–H groups in total. The molecule has 2 saturated heterocycles. The molecule has 292 valence electrons. The zero-order valence-corrected chi connectivity index (χ0v) is 32.8. The first-order valence-corrected chi connectivity index (χ1v) is 20.1. The molecule has 7 aromatic rings. The van der Waals surface area contributed by atoms with Crippen LogP contribution >= 0.6 is 0 Å². The van der Waals surface area contributed by atoms with Crippen LogP contribution in [0.15, 0.2) is 176 Å². The van der Waals surface area contributed by atoms with Gasteiger partial charge in [-0.2, -0.15) is 0 Å². The zero-order valence-electron chi connectivity index (χ0n) is 32.8. The molecule has 0 amide bonds. The van der Waals surface area contributed by atoms with Crippen LogP contribution in [0, 0.1) is 5.82 Å². The van der Waals surface area contributed by atoms with Crippen LogP contribution < -0.4 is 9.80 Å². The second kappa shape index (κ2) is 17.1. The fraction of sp³-hybridized carbons (Fsp3) is 0.132. The summed E-state index contributed by atoms with van der Waals surface area (Å²) in [6, 6.07) is 57.8. The van der Waals surface area contributed by atoms with E-state index in [-0.39, 0.29) is 24.6 Å². The Labute approximate surface area is 345 Å². The first-order valence-electron chi connectivity index (χ1n) is 20.1. The maximum absolute atomic E-state index is 13.8. The number of rotatable bonds is 15. The van der Waals surface area contributed by atoms with E-state index in [1.807, 2.05) is 24.3 Å². The summed E-state index contributed by atoms with van der Waals surface area (Å²) in [5, 5.41) is 9.57. The molecule has 0 aromatic heterocycles. The van der Waals surface area contributed by atoms with Gasteiger partial charge in [-0.05, 0) is 142 Å². The Kier molecular flexibility index (Phi) is 11.0. The number of ether oxygens (including phenoxy) is 2. The molecular weight excluding hydrogens is 732 g/mol. The van der Waals surface area contributed by atoms with E-state index in [4.69, 9.17) is 9.47 Å². The fourth-order valence-electron chi connectivity index (χ4n) is 7.40. The van der Waals surface area contributed by atoms with Crippen molar-refractivity contribution >= 4 is 51.8 Å². The second-order valence-electron chi connectivity index (χ2n) is 15.1. The van der Waals surface area contributed by atoms with Gasteiger partial charge < -0.3 is 24.4 Å². The highest BCUT2D eigenvalue weighted by Gasteiger charge is 2.26. The zero-order chi connectivity index (χ0) is 40.1. The largest absolute Gasteiger partial charge is 0.392 e. The second-order valence-corrected chi connectivity index (χ2v) is 15.1. The van der Waals surface area contributed by atoms with Gasteiger partial charge in [0.15, 0.2) is 0 Å². The number of nitrogens with zero attached hydrogens (tertiary/aromatic N) is 2. The summed E-state index contributed by atoms with van der Waals surface area (Å²) in [7, 11) is 0. The summed E-state index contributed by atoms with van der Waals surface area (Å²) in [5.74, 6) is -0.258. The van der Waals surface area contributed by atoms with Gasteiger partial charge in [0, 0.05) is 34.1 Å². The topological polar surface area (TPSA) is 51.8 Å². The first-order chi connectivity index (χ1) is 29.0. The summed E-state index contributed by atoms with van der Waals surface area (Å²) >= 11 is 0. The lowest BCUT2D eigenvalue weighted by atomic mass is 10.0. The van der Waals surface area contributed by atoms with E-state index < -0.39 is 0 Å². The third-order valence-electron chi connectivity index (χ3n) is 11.0. The molecule has 2 aliphatic heterocycles. The van der Waals surface area contributed by atoms with Crippen LogP contribution in [-0.2, 0) is 22.3 Å². The molecule has 2 heterocycles. The van der Waals surface area contributed by atoms with Crippen molar-refractivity contribution in [3.05, 3.63) is 221 Å². The van der Waals surface area contributed by atoms with E-state index in [1.54, 1.807) is 0 Å². The molecule has 6 heteroatoms. The van der Waals surface area contributed by atoms with E-state index in [9.17, 15) is 9.50 Å². The maximum atomic E-state index is 13.8. The van der Waals surface area contributed by atoms with Crippen molar-refractivity contribution in [2.75, 3.05) is 29.6 Å². The van der Waals surface area contributed by atoms with E-state index in [2.05, 4.69) is 162 Å². The number of hydrogen-bond acceptors (Lipinski definition) is 5. The number of benzene rings is 7. The van der Waals surface area contributed by atoms with Crippen molar-refractivity contribution in [1.29, 1.82) is 0 Å². The summed E-state index contributed by atoms with van der Waals surface area (Å²) in [6.45, 7) is 5.47. The van der Waals surface area contributed by atoms with Gasteiger partial charge in [0.1, 0.15) is 18.0 Å². The minimum absolute atomic E-state index is 0.0676. The van der Waals surface area contributed by atoms with Crippen LogP contribution in [-0.4, -0.2) is 24.9 Å². The Morgan fingerprint density at radius 1 is 0.508 bits per heavy atom. The number of aryl methyl sites for hydroxylation is 2. The molecular formula is C53H45FN2O3. The van der Waals surface area contributed by atoms with Gasteiger partial charge in [0.25, 0.3) is 0 Å². The van der Waals surface area contributed by atoms with Crippen LogP contribution in [0.3, 0.4) is 0 Å². The molecule has 2 atom stereocenters. The Morgan fingerprint density at radius 3 is 1.22 bits per heavy atom. The predicted molar refractivity (Wildman–Crippen MR) is 238 cm³/mol. The van der Waals surface area contributed by atoms with E-state index in [0.717, 1.165) is 76.9 Å². The highest BCUT2D eigenvalue weighted by atomic mass is 19.1. The molecule has 0 radical (unpaired) electrons. The molecule has 5 nitrogen and oxygen atoms in total. The van der Waals surface area contributed by atoms with Crippen LogP contribution in [0.4, 0.5) is 38.5 Å². The SMILES string of the molecule is C=C(CO)c1ccc(N(c2ccc(CCc3ccc(C=Cc4ccc(N(c5ccc(F)cc5)c5ccc(C6CO6)cc5)cc4)cc3)cc2)c2ccc(C3CO3)cc2)cc1. The number of epoxide rings is 2.